The van der Waals surface area contributed by atoms with Crippen molar-refractivity contribution in [1.82, 2.24) is 5.32 Å². The molecule has 0 bridgehead atoms. The van der Waals surface area contributed by atoms with Crippen LogP contribution in [0.25, 0.3) is 0 Å². The van der Waals surface area contributed by atoms with Crippen LogP contribution >= 0.6 is 0 Å². The fourth-order valence-electron chi connectivity index (χ4n) is 4.59. The molecule has 5 heteroatoms. The van der Waals surface area contributed by atoms with Crippen molar-refractivity contribution in [2.24, 2.45) is 5.92 Å². The first kappa shape index (κ1) is 15.7. The van der Waals surface area contributed by atoms with Crippen LogP contribution in [0.5, 0.6) is 0 Å². The van der Waals surface area contributed by atoms with Crippen molar-refractivity contribution >= 4 is 5.69 Å². The molecular weight excluding hydrogens is 289 g/mol. The van der Waals surface area contributed by atoms with Gasteiger partial charge in [0, 0.05) is 19.5 Å². The lowest BCUT2D eigenvalue weighted by atomic mass is 9.69. The van der Waals surface area contributed by atoms with Gasteiger partial charge in [0.15, 0.2) is 0 Å². The highest BCUT2D eigenvalue weighted by Gasteiger charge is 2.55. The van der Waals surface area contributed by atoms with Gasteiger partial charge in [0.25, 0.3) is 0 Å². The van der Waals surface area contributed by atoms with Gasteiger partial charge >= 0.3 is 6.18 Å². The highest BCUT2D eigenvalue weighted by atomic mass is 19.4. The van der Waals surface area contributed by atoms with Gasteiger partial charge in [-0.25, -0.2) is 0 Å². The summed E-state index contributed by atoms with van der Waals surface area (Å²) in [6.07, 6.45) is -2.46. The van der Waals surface area contributed by atoms with Crippen molar-refractivity contribution < 1.29 is 13.2 Å². The van der Waals surface area contributed by atoms with Gasteiger partial charge in [0.2, 0.25) is 0 Å². The number of alkyl halides is 3. The van der Waals surface area contributed by atoms with Crippen LogP contribution in [0.1, 0.15) is 43.7 Å². The molecule has 22 heavy (non-hydrogen) atoms. The quantitative estimate of drug-likeness (QED) is 0.887. The average Bonchev–Trinajstić information content (AvgIpc) is 2.76. The van der Waals surface area contributed by atoms with Crippen LogP contribution in [-0.2, 0) is 6.18 Å². The standard InChI is InChI=1S/C17H23F3N2/c1-4-11(2)16-8-9-21-10-14(16)12-6-5-7-13(17(18,19)20)15(12)22(16)3/h5-7,11,14,21H,4,8-10H2,1-3H3. The summed E-state index contributed by atoms with van der Waals surface area (Å²) in [4.78, 5) is 1.95. The molecule has 2 heterocycles. The summed E-state index contributed by atoms with van der Waals surface area (Å²) in [5, 5.41) is 3.37. The topological polar surface area (TPSA) is 15.3 Å². The minimum atomic E-state index is -4.31. The van der Waals surface area contributed by atoms with E-state index in [-0.39, 0.29) is 11.5 Å². The summed E-state index contributed by atoms with van der Waals surface area (Å²) in [5.74, 6) is 0.469. The number of piperidine rings is 1. The lowest BCUT2D eigenvalue weighted by Crippen LogP contribution is -2.58. The number of fused-ring (bicyclic) bond motifs is 3. The van der Waals surface area contributed by atoms with E-state index in [9.17, 15) is 13.2 Å². The van der Waals surface area contributed by atoms with Gasteiger partial charge in [-0.2, -0.15) is 13.2 Å². The maximum atomic E-state index is 13.5. The van der Waals surface area contributed by atoms with Gasteiger partial charge in [0.05, 0.1) is 16.8 Å². The second kappa shape index (κ2) is 5.15. The lowest BCUT2D eigenvalue weighted by Gasteiger charge is -2.49. The Bertz CT molecular complexity index is 570. The first-order valence-electron chi connectivity index (χ1n) is 7.98. The molecule has 122 valence electrons. The summed E-state index contributed by atoms with van der Waals surface area (Å²) >= 11 is 0. The average molecular weight is 312 g/mol. The zero-order chi connectivity index (χ0) is 16.1. The number of benzene rings is 1. The van der Waals surface area contributed by atoms with E-state index < -0.39 is 11.7 Å². The summed E-state index contributed by atoms with van der Waals surface area (Å²) in [7, 11) is 1.85. The Morgan fingerprint density at radius 3 is 2.77 bits per heavy atom. The molecule has 1 aromatic rings. The Hall–Kier alpha value is -1.23. The van der Waals surface area contributed by atoms with E-state index in [0.29, 0.717) is 11.6 Å². The van der Waals surface area contributed by atoms with Crippen molar-refractivity contribution in [3.05, 3.63) is 29.3 Å². The molecule has 0 radical (unpaired) electrons. The molecule has 2 aliphatic heterocycles. The van der Waals surface area contributed by atoms with E-state index in [0.717, 1.165) is 31.5 Å². The van der Waals surface area contributed by atoms with E-state index in [1.54, 1.807) is 6.07 Å². The molecule has 0 aromatic heterocycles. The zero-order valence-electron chi connectivity index (χ0n) is 13.3. The van der Waals surface area contributed by atoms with Crippen LogP contribution in [0.15, 0.2) is 18.2 Å². The van der Waals surface area contributed by atoms with Crippen LogP contribution in [-0.4, -0.2) is 25.7 Å². The molecule has 1 N–H and O–H groups in total. The molecule has 2 nitrogen and oxygen atoms in total. The molecule has 1 fully saturated rings. The minimum absolute atomic E-state index is 0.124. The van der Waals surface area contributed by atoms with Crippen LogP contribution in [0.2, 0.25) is 0 Å². The van der Waals surface area contributed by atoms with Gasteiger partial charge in [0.1, 0.15) is 0 Å². The Morgan fingerprint density at radius 2 is 2.14 bits per heavy atom. The van der Waals surface area contributed by atoms with E-state index in [2.05, 4.69) is 19.2 Å². The van der Waals surface area contributed by atoms with Gasteiger partial charge in [-0.3, -0.25) is 0 Å². The van der Waals surface area contributed by atoms with Crippen LogP contribution in [0, 0.1) is 5.92 Å². The van der Waals surface area contributed by atoms with E-state index >= 15 is 0 Å². The normalized spacial score (nSPS) is 29.2. The molecule has 3 atom stereocenters. The number of halogens is 3. The molecule has 1 saturated heterocycles. The number of hydrogen-bond donors (Lipinski definition) is 1. The third-order valence-corrected chi connectivity index (χ3v) is 5.83. The van der Waals surface area contributed by atoms with E-state index in [4.69, 9.17) is 0 Å². The maximum absolute atomic E-state index is 13.5. The number of nitrogens with zero attached hydrogens (tertiary/aromatic N) is 1. The number of likely N-dealkylation sites (N-methyl/N-ethyl adjacent to an activating group) is 1. The van der Waals surface area contributed by atoms with Gasteiger partial charge < -0.3 is 10.2 Å². The van der Waals surface area contributed by atoms with Crippen molar-refractivity contribution in [3.8, 4) is 0 Å². The summed E-state index contributed by atoms with van der Waals surface area (Å²) in [5.41, 5.74) is 0.544. The van der Waals surface area contributed by atoms with Crippen molar-refractivity contribution in [1.29, 1.82) is 0 Å². The first-order chi connectivity index (χ1) is 10.3. The summed E-state index contributed by atoms with van der Waals surface area (Å²) < 4.78 is 40.4. The highest BCUT2D eigenvalue weighted by Crippen LogP contribution is 2.56. The third kappa shape index (κ3) is 1.98. The minimum Gasteiger partial charge on any atom is -0.367 e. The van der Waals surface area contributed by atoms with Crippen molar-refractivity contribution in [2.45, 2.75) is 44.3 Å². The molecule has 3 unspecified atom stereocenters. The largest absolute Gasteiger partial charge is 0.418 e. The fourth-order valence-corrected chi connectivity index (χ4v) is 4.59. The van der Waals surface area contributed by atoms with Crippen LogP contribution in [0.4, 0.5) is 18.9 Å². The monoisotopic (exact) mass is 312 g/mol. The number of hydrogen-bond acceptors (Lipinski definition) is 2. The third-order valence-electron chi connectivity index (χ3n) is 5.83. The number of nitrogens with one attached hydrogen (secondary N) is 1. The second-order valence-electron chi connectivity index (χ2n) is 6.61. The predicted molar refractivity (Wildman–Crippen MR) is 82.3 cm³/mol. The smallest absolute Gasteiger partial charge is 0.367 e. The highest BCUT2D eigenvalue weighted by molar-refractivity contribution is 5.69. The van der Waals surface area contributed by atoms with Gasteiger partial charge in [-0.1, -0.05) is 32.4 Å². The molecule has 3 rings (SSSR count). The van der Waals surface area contributed by atoms with E-state index in [1.165, 1.54) is 6.07 Å². The van der Waals surface area contributed by atoms with Gasteiger partial charge in [-0.05, 0) is 30.5 Å². The fraction of sp³-hybridized carbons (Fsp3) is 0.647. The summed E-state index contributed by atoms with van der Waals surface area (Å²) in [6, 6.07) is 4.64. The number of rotatable bonds is 2. The predicted octanol–water partition coefficient (Wildman–Crippen LogP) is 4.02. The molecule has 0 amide bonds. The SMILES string of the molecule is CCC(C)C12CCNCC1c1cccc(C(F)(F)F)c1N2C. The van der Waals surface area contributed by atoms with E-state index in [1.807, 2.05) is 18.0 Å². The molecule has 0 saturated carbocycles. The van der Waals surface area contributed by atoms with Crippen LogP contribution in [0.3, 0.4) is 0 Å². The molecule has 1 aromatic carbocycles. The summed E-state index contributed by atoms with van der Waals surface area (Å²) in [6.45, 7) is 5.91. The Kier molecular flexibility index (Phi) is 3.67. The number of para-hydroxylation sites is 1. The first-order valence-corrected chi connectivity index (χ1v) is 7.98. The Morgan fingerprint density at radius 1 is 1.41 bits per heavy atom. The molecule has 0 spiro atoms. The molecular formula is C17H23F3N2. The Labute approximate surface area is 129 Å². The molecule has 2 aliphatic rings. The lowest BCUT2D eigenvalue weighted by molar-refractivity contribution is -0.137. The van der Waals surface area contributed by atoms with Crippen molar-refractivity contribution in [2.75, 3.05) is 25.0 Å². The molecule has 0 aliphatic carbocycles. The maximum Gasteiger partial charge on any atom is 0.418 e. The van der Waals surface area contributed by atoms with Crippen molar-refractivity contribution in [3.63, 3.8) is 0 Å². The zero-order valence-corrected chi connectivity index (χ0v) is 13.3. The Balaban J connectivity index is 2.20. The number of anilines is 1. The second-order valence-corrected chi connectivity index (χ2v) is 6.61. The van der Waals surface area contributed by atoms with Crippen LogP contribution < -0.4 is 10.2 Å². The van der Waals surface area contributed by atoms with Gasteiger partial charge in [-0.15, -0.1) is 0 Å².